The molecule has 6 heteroatoms. The van der Waals surface area contributed by atoms with Crippen LogP contribution in [-0.4, -0.2) is 21.6 Å². The Morgan fingerprint density at radius 3 is 2.52 bits per heavy atom. The predicted octanol–water partition coefficient (Wildman–Crippen LogP) is 1.43. The van der Waals surface area contributed by atoms with Crippen molar-refractivity contribution in [2.24, 2.45) is 7.05 Å². The van der Waals surface area contributed by atoms with E-state index >= 15 is 0 Å². The minimum atomic E-state index is -0.246. The Kier molecular flexibility index (Phi) is 2.94. The summed E-state index contributed by atoms with van der Waals surface area (Å²) in [6.45, 7) is 1.85. The number of benzene rings is 1. The first-order valence-electron chi connectivity index (χ1n) is 6.52. The van der Waals surface area contributed by atoms with Crippen LogP contribution < -0.4 is 16.1 Å². The van der Waals surface area contributed by atoms with Crippen LogP contribution in [0.1, 0.15) is 5.69 Å². The Morgan fingerprint density at radius 2 is 1.90 bits per heavy atom. The van der Waals surface area contributed by atoms with Gasteiger partial charge in [0.2, 0.25) is 0 Å². The molecule has 0 spiro atoms. The summed E-state index contributed by atoms with van der Waals surface area (Å²) < 4.78 is 7.98. The van der Waals surface area contributed by atoms with Gasteiger partial charge in [0.25, 0.3) is 5.56 Å². The molecule has 0 atom stereocenters. The molecule has 2 N–H and O–H groups in total. The first-order valence-corrected chi connectivity index (χ1v) is 6.52. The van der Waals surface area contributed by atoms with E-state index in [0.29, 0.717) is 16.6 Å². The van der Waals surface area contributed by atoms with Crippen molar-refractivity contribution in [2.75, 3.05) is 13.0 Å². The summed E-state index contributed by atoms with van der Waals surface area (Å²) in [5, 5.41) is 4.91. The molecule has 0 radical (unpaired) electrons. The van der Waals surface area contributed by atoms with Crippen LogP contribution in [0.2, 0.25) is 0 Å². The number of ether oxygens (including phenoxy) is 1. The minimum absolute atomic E-state index is 0.246. The topological polar surface area (TPSA) is 75.1 Å². The van der Waals surface area contributed by atoms with Crippen molar-refractivity contribution in [2.45, 2.75) is 6.92 Å². The fourth-order valence-corrected chi connectivity index (χ4v) is 2.41. The molecule has 0 fully saturated rings. The number of fused-ring (bicyclic) bond motifs is 1. The molecule has 2 aromatic heterocycles. The summed E-state index contributed by atoms with van der Waals surface area (Å²) in [6, 6.07) is 9.20. The van der Waals surface area contributed by atoms with E-state index < -0.39 is 0 Å². The van der Waals surface area contributed by atoms with Gasteiger partial charge in [0.05, 0.1) is 18.2 Å². The van der Waals surface area contributed by atoms with Crippen molar-refractivity contribution < 1.29 is 4.74 Å². The Hall–Kier alpha value is -2.76. The van der Waals surface area contributed by atoms with Crippen molar-refractivity contribution in [3.8, 4) is 17.0 Å². The average molecular weight is 284 g/mol. The fraction of sp³-hybridized carbons (Fsp3) is 0.200. The molecule has 0 aliphatic carbocycles. The van der Waals surface area contributed by atoms with Crippen molar-refractivity contribution in [3.05, 3.63) is 46.4 Å². The highest BCUT2D eigenvalue weighted by atomic mass is 16.5. The zero-order valence-electron chi connectivity index (χ0n) is 12.1. The van der Waals surface area contributed by atoms with E-state index in [-0.39, 0.29) is 5.56 Å². The fourth-order valence-electron chi connectivity index (χ4n) is 2.41. The SMILES string of the molecule is COc1ccc(-c2cc3nn(C)c(C)c3c(=O)n2N)cc1. The molecule has 0 saturated heterocycles. The number of nitrogens with two attached hydrogens (primary N) is 1. The second kappa shape index (κ2) is 4.66. The van der Waals surface area contributed by atoms with Crippen LogP contribution in [0.5, 0.6) is 5.75 Å². The zero-order valence-corrected chi connectivity index (χ0v) is 12.1. The molecule has 0 amide bonds. The number of aromatic nitrogens is 3. The first kappa shape index (κ1) is 13.2. The summed E-state index contributed by atoms with van der Waals surface area (Å²) in [5.41, 5.74) is 2.65. The predicted molar refractivity (Wildman–Crippen MR) is 81.8 cm³/mol. The third kappa shape index (κ3) is 1.96. The Morgan fingerprint density at radius 1 is 1.24 bits per heavy atom. The number of hydrogen-bond donors (Lipinski definition) is 1. The van der Waals surface area contributed by atoms with Crippen LogP contribution in [0.4, 0.5) is 0 Å². The average Bonchev–Trinajstić information content (AvgIpc) is 2.78. The highest BCUT2D eigenvalue weighted by Gasteiger charge is 2.14. The summed E-state index contributed by atoms with van der Waals surface area (Å²) in [6.07, 6.45) is 0. The van der Waals surface area contributed by atoms with Gasteiger partial charge in [-0.05, 0) is 37.3 Å². The molecule has 3 rings (SSSR count). The highest BCUT2D eigenvalue weighted by molar-refractivity contribution is 5.84. The maximum absolute atomic E-state index is 12.4. The number of nitrogens with zero attached hydrogens (tertiary/aromatic N) is 3. The lowest BCUT2D eigenvalue weighted by Crippen LogP contribution is -2.28. The van der Waals surface area contributed by atoms with E-state index in [0.717, 1.165) is 17.0 Å². The van der Waals surface area contributed by atoms with Gasteiger partial charge in [0.1, 0.15) is 11.3 Å². The standard InChI is InChI=1S/C15H16N4O2/c1-9-14-12(17-18(9)2)8-13(19(16)15(14)20)10-4-6-11(21-3)7-5-10/h4-8H,16H2,1-3H3. The molecule has 0 saturated carbocycles. The van der Waals surface area contributed by atoms with Crippen LogP contribution >= 0.6 is 0 Å². The maximum atomic E-state index is 12.4. The molecule has 3 aromatic rings. The zero-order chi connectivity index (χ0) is 15.1. The first-order chi connectivity index (χ1) is 10.0. The van der Waals surface area contributed by atoms with E-state index in [2.05, 4.69) is 5.10 Å². The van der Waals surface area contributed by atoms with Crippen LogP contribution in [0.15, 0.2) is 35.1 Å². The van der Waals surface area contributed by atoms with Crippen LogP contribution in [0, 0.1) is 6.92 Å². The van der Waals surface area contributed by atoms with Gasteiger partial charge in [-0.25, -0.2) is 4.68 Å². The van der Waals surface area contributed by atoms with Crippen LogP contribution in [0.3, 0.4) is 0 Å². The van der Waals surface area contributed by atoms with Crippen LogP contribution in [-0.2, 0) is 7.05 Å². The molecule has 0 aliphatic heterocycles. The molecule has 0 aliphatic rings. The molecule has 2 heterocycles. The van der Waals surface area contributed by atoms with Gasteiger partial charge < -0.3 is 10.6 Å². The second-order valence-corrected chi connectivity index (χ2v) is 4.90. The minimum Gasteiger partial charge on any atom is -0.497 e. The second-order valence-electron chi connectivity index (χ2n) is 4.90. The molecule has 108 valence electrons. The lowest BCUT2D eigenvalue weighted by Gasteiger charge is -2.09. The smallest absolute Gasteiger partial charge is 0.280 e. The van der Waals surface area contributed by atoms with Crippen LogP contribution in [0.25, 0.3) is 22.2 Å². The molecule has 0 bridgehead atoms. The highest BCUT2D eigenvalue weighted by Crippen LogP contribution is 2.23. The van der Waals surface area contributed by atoms with Gasteiger partial charge in [0, 0.05) is 18.3 Å². The van der Waals surface area contributed by atoms with E-state index in [1.165, 1.54) is 4.68 Å². The Labute approximate surface area is 121 Å². The number of pyridine rings is 1. The van der Waals surface area contributed by atoms with Crippen molar-refractivity contribution in [3.63, 3.8) is 0 Å². The van der Waals surface area contributed by atoms with Gasteiger partial charge in [-0.2, -0.15) is 5.10 Å². The maximum Gasteiger partial charge on any atom is 0.280 e. The Bertz CT molecular complexity index is 875. The largest absolute Gasteiger partial charge is 0.497 e. The number of nitrogen functional groups attached to an aromatic ring is 1. The lowest BCUT2D eigenvalue weighted by atomic mass is 10.1. The van der Waals surface area contributed by atoms with Gasteiger partial charge in [0.15, 0.2) is 0 Å². The Balaban J connectivity index is 2.27. The van der Waals surface area contributed by atoms with E-state index in [1.54, 1.807) is 11.8 Å². The summed E-state index contributed by atoms with van der Waals surface area (Å²) in [4.78, 5) is 12.4. The summed E-state index contributed by atoms with van der Waals surface area (Å²) in [5.74, 6) is 6.71. The normalized spacial score (nSPS) is 11.0. The number of aryl methyl sites for hydroxylation is 2. The molecular formula is C15H16N4O2. The number of rotatable bonds is 2. The quantitative estimate of drug-likeness (QED) is 0.722. The lowest BCUT2D eigenvalue weighted by molar-refractivity contribution is 0.415. The van der Waals surface area contributed by atoms with E-state index in [1.807, 2.05) is 44.3 Å². The molecule has 21 heavy (non-hydrogen) atoms. The van der Waals surface area contributed by atoms with Gasteiger partial charge in [-0.3, -0.25) is 9.48 Å². The van der Waals surface area contributed by atoms with Crippen molar-refractivity contribution in [1.29, 1.82) is 0 Å². The van der Waals surface area contributed by atoms with Gasteiger partial charge in [-0.15, -0.1) is 0 Å². The number of hydrogen-bond acceptors (Lipinski definition) is 4. The third-order valence-electron chi connectivity index (χ3n) is 3.71. The third-order valence-corrected chi connectivity index (χ3v) is 3.71. The molecule has 1 aromatic carbocycles. The molecular weight excluding hydrogens is 268 g/mol. The number of methoxy groups -OCH3 is 1. The summed E-state index contributed by atoms with van der Waals surface area (Å²) in [7, 11) is 3.42. The van der Waals surface area contributed by atoms with Crippen molar-refractivity contribution >= 4 is 10.9 Å². The summed E-state index contributed by atoms with van der Waals surface area (Å²) >= 11 is 0. The molecule has 0 unspecified atom stereocenters. The monoisotopic (exact) mass is 284 g/mol. The van der Waals surface area contributed by atoms with Gasteiger partial charge >= 0.3 is 0 Å². The molecule has 6 nitrogen and oxygen atoms in total. The van der Waals surface area contributed by atoms with E-state index in [9.17, 15) is 4.79 Å². The van der Waals surface area contributed by atoms with E-state index in [4.69, 9.17) is 10.6 Å². The van der Waals surface area contributed by atoms with Gasteiger partial charge in [-0.1, -0.05) is 0 Å². The van der Waals surface area contributed by atoms with Crippen molar-refractivity contribution in [1.82, 2.24) is 14.5 Å².